The van der Waals surface area contributed by atoms with Crippen LogP contribution in [-0.4, -0.2) is 22.4 Å². The Hall–Kier alpha value is -3.92. The first-order chi connectivity index (χ1) is 15.3. The summed E-state index contributed by atoms with van der Waals surface area (Å²) in [5, 5.41) is 29.7. The van der Waals surface area contributed by atoms with Gasteiger partial charge in [0, 0.05) is 5.41 Å². The Morgan fingerprint density at radius 1 is 0.625 bits per heavy atom. The van der Waals surface area contributed by atoms with E-state index in [0.717, 1.165) is 33.4 Å². The summed E-state index contributed by atoms with van der Waals surface area (Å²) in [6, 6.07) is 26.5. The Morgan fingerprint density at radius 3 is 1.75 bits per heavy atom. The van der Waals surface area contributed by atoms with E-state index in [1.165, 1.54) is 7.11 Å². The number of ether oxygens (including phenoxy) is 1. The molecule has 4 heteroatoms. The van der Waals surface area contributed by atoms with Gasteiger partial charge in [0.1, 0.15) is 11.5 Å². The number of hydrogen-bond donors (Lipinski definition) is 3. The van der Waals surface area contributed by atoms with Crippen molar-refractivity contribution in [2.45, 2.75) is 19.3 Å². The Bertz CT molecular complexity index is 1240. The van der Waals surface area contributed by atoms with E-state index in [1.54, 1.807) is 24.3 Å². The van der Waals surface area contributed by atoms with Gasteiger partial charge in [-0.3, -0.25) is 0 Å². The van der Waals surface area contributed by atoms with Gasteiger partial charge in [-0.25, -0.2) is 0 Å². The van der Waals surface area contributed by atoms with Crippen LogP contribution in [0.15, 0.2) is 84.9 Å². The van der Waals surface area contributed by atoms with Crippen LogP contribution in [0.1, 0.15) is 29.2 Å². The largest absolute Gasteiger partial charge is 0.508 e. The molecule has 0 heterocycles. The van der Waals surface area contributed by atoms with E-state index in [4.69, 9.17) is 4.74 Å². The molecule has 3 N–H and O–H groups in total. The van der Waals surface area contributed by atoms with E-state index >= 15 is 0 Å². The third-order valence-electron chi connectivity index (χ3n) is 6.19. The van der Waals surface area contributed by atoms with Gasteiger partial charge in [0.2, 0.25) is 0 Å². The minimum Gasteiger partial charge on any atom is -0.508 e. The fourth-order valence-electron chi connectivity index (χ4n) is 4.11. The first-order valence-corrected chi connectivity index (χ1v) is 10.4. The molecule has 4 aromatic rings. The monoisotopic (exact) mass is 426 g/mol. The van der Waals surface area contributed by atoms with Crippen LogP contribution >= 0.6 is 0 Å². The fraction of sp³-hybridized carbons (Fsp3) is 0.143. The van der Waals surface area contributed by atoms with Crippen molar-refractivity contribution in [2.75, 3.05) is 7.11 Å². The van der Waals surface area contributed by atoms with Crippen LogP contribution in [0, 0.1) is 6.92 Å². The Kier molecular flexibility index (Phi) is 5.54. The van der Waals surface area contributed by atoms with E-state index in [2.05, 4.69) is 19.1 Å². The van der Waals surface area contributed by atoms with Crippen LogP contribution in [-0.2, 0) is 5.41 Å². The predicted octanol–water partition coefficient (Wildman–Crippen LogP) is 6.14. The molecule has 0 amide bonds. The maximum atomic E-state index is 10.1. The zero-order valence-electron chi connectivity index (χ0n) is 18.3. The van der Waals surface area contributed by atoms with Gasteiger partial charge in [0.15, 0.2) is 11.5 Å². The summed E-state index contributed by atoms with van der Waals surface area (Å²) >= 11 is 0. The van der Waals surface area contributed by atoms with E-state index in [-0.39, 0.29) is 17.2 Å². The van der Waals surface area contributed by atoms with E-state index in [1.807, 2.05) is 55.5 Å². The standard InChI is InChI=1S/C28H26O4/c1-18-16-23(11-15-25(18)30)28(2,22-9-12-24(29)13-10-22)21-7-4-19(5-8-21)20-6-14-26(31)27(17-20)32-3/h4-17,29-31H,1-3H3. The Balaban J connectivity index is 1.83. The molecular weight excluding hydrogens is 400 g/mol. The van der Waals surface area contributed by atoms with Crippen molar-refractivity contribution in [3.63, 3.8) is 0 Å². The number of aryl methyl sites for hydroxylation is 1. The summed E-state index contributed by atoms with van der Waals surface area (Å²) in [6.45, 7) is 4.03. The second kappa shape index (κ2) is 8.31. The molecule has 0 radical (unpaired) electrons. The molecular formula is C28H26O4. The number of methoxy groups -OCH3 is 1. The number of rotatable bonds is 5. The lowest BCUT2D eigenvalue weighted by Gasteiger charge is -2.32. The molecule has 0 fully saturated rings. The van der Waals surface area contributed by atoms with Crippen molar-refractivity contribution < 1.29 is 20.1 Å². The molecule has 0 aliphatic carbocycles. The van der Waals surface area contributed by atoms with Crippen LogP contribution in [0.5, 0.6) is 23.0 Å². The number of phenolic OH excluding ortho intramolecular Hbond substituents is 3. The molecule has 0 aliphatic rings. The summed E-state index contributed by atoms with van der Waals surface area (Å²) in [4.78, 5) is 0. The van der Waals surface area contributed by atoms with Crippen molar-refractivity contribution in [3.05, 3.63) is 107 Å². The molecule has 0 spiro atoms. The van der Waals surface area contributed by atoms with Crippen molar-refractivity contribution >= 4 is 0 Å². The average Bonchev–Trinajstić information content (AvgIpc) is 2.81. The summed E-state index contributed by atoms with van der Waals surface area (Å²) in [5.74, 6) is 1.02. The zero-order chi connectivity index (χ0) is 22.9. The lowest BCUT2D eigenvalue weighted by atomic mass is 9.70. The van der Waals surface area contributed by atoms with Crippen LogP contribution in [0.3, 0.4) is 0 Å². The quantitative estimate of drug-likeness (QED) is 0.335. The number of benzene rings is 4. The summed E-state index contributed by atoms with van der Waals surface area (Å²) in [5.41, 5.74) is 5.39. The first kappa shape index (κ1) is 21.3. The minimum atomic E-state index is -0.503. The van der Waals surface area contributed by atoms with E-state index < -0.39 is 5.41 Å². The molecule has 162 valence electrons. The molecule has 0 aromatic heterocycles. The summed E-state index contributed by atoms with van der Waals surface area (Å²) in [7, 11) is 1.53. The van der Waals surface area contributed by atoms with Crippen molar-refractivity contribution in [3.8, 4) is 34.1 Å². The molecule has 1 atom stereocenters. The topological polar surface area (TPSA) is 69.9 Å². The fourth-order valence-corrected chi connectivity index (χ4v) is 4.11. The van der Waals surface area contributed by atoms with Crippen LogP contribution in [0.4, 0.5) is 0 Å². The molecule has 0 aliphatic heterocycles. The maximum Gasteiger partial charge on any atom is 0.161 e. The molecule has 0 saturated carbocycles. The molecule has 4 aromatic carbocycles. The predicted molar refractivity (Wildman–Crippen MR) is 127 cm³/mol. The second-order valence-corrected chi connectivity index (χ2v) is 8.14. The normalized spacial score (nSPS) is 12.8. The average molecular weight is 427 g/mol. The van der Waals surface area contributed by atoms with Gasteiger partial charge in [-0.2, -0.15) is 0 Å². The number of aromatic hydroxyl groups is 3. The van der Waals surface area contributed by atoms with E-state index in [0.29, 0.717) is 5.75 Å². The van der Waals surface area contributed by atoms with Gasteiger partial charge >= 0.3 is 0 Å². The number of phenols is 3. The first-order valence-electron chi connectivity index (χ1n) is 10.4. The Labute approximate surface area is 188 Å². The van der Waals surface area contributed by atoms with Crippen molar-refractivity contribution in [1.82, 2.24) is 0 Å². The third kappa shape index (κ3) is 3.76. The van der Waals surface area contributed by atoms with Crippen LogP contribution in [0.2, 0.25) is 0 Å². The van der Waals surface area contributed by atoms with Gasteiger partial charge in [-0.05, 0) is 77.6 Å². The van der Waals surface area contributed by atoms with Gasteiger partial charge < -0.3 is 20.1 Å². The highest BCUT2D eigenvalue weighted by Gasteiger charge is 2.31. The maximum absolute atomic E-state index is 10.1. The molecule has 32 heavy (non-hydrogen) atoms. The Morgan fingerprint density at radius 2 is 1.16 bits per heavy atom. The third-order valence-corrected chi connectivity index (χ3v) is 6.19. The second-order valence-electron chi connectivity index (χ2n) is 8.14. The highest BCUT2D eigenvalue weighted by Crippen LogP contribution is 2.41. The van der Waals surface area contributed by atoms with Gasteiger partial charge in [0.05, 0.1) is 7.11 Å². The molecule has 0 bridgehead atoms. The molecule has 1 unspecified atom stereocenters. The smallest absolute Gasteiger partial charge is 0.161 e. The van der Waals surface area contributed by atoms with Gasteiger partial charge in [0.25, 0.3) is 0 Å². The lowest BCUT2D eigenvalue weighted by molar-refractivity contribution is 0.373. The lowest BCUT2D eigenvalue weighted by Crippen LogP contribution is -2.25. The SMILES string of the molecule is COc1cc(-c2ccc(C(C)(c3ccc(O)cc3)c3ccc(O)c(C)c3)cc2)ccc1O. The van der Waals surface area contributed by atoms with Crippen LogP contribution in [0.25, 0.3) is 11.1 Å². The van der Waals surface area contributed by atoms with Crippen molar-refractivity contribution in [2.24, 2.45) is 0 Å². The highest BCUT2D eigenvalue weighted by molar-refractivity contribution is 5.68. The van der Waals surface area contributed by atoms with E-state index in [9.17, 15) is 15.3 Å². The van der Waals surface area contributed by atoms with Gasteiger partial charge in [-0.15, -0.1) is 0 Å². The summed E-state index contributed by atoms with van der Waals surface area (Å²) < 4.78 is 5.24. The van der Waals surface area contributed by atoms with Gasteiger partial charge in [-0.1, -0.05) is 54.6 Å². The number of hydrogen-bond acceptors (Lipinski definition) is 4. The minimum absolute atomic E-state index is 0.107. The van der Waals surface area contributed by atoms with Crippen LogP contribution < -0.4 is 4.74 Å². The molecule has 4 rings (SSSR count). The summed E-state index contributed by atoms with van der Waals surface area (Å²) in [6.07, 6.45) is 0. The molecule has 4 nitrogen and oxygen atoms in total. The molecule has 0 saturated heterocycles. The van der Waals surface area contributed by atoms with Crippen molar-refractivity contribution in [1.29, 1.82) is 0 Å². The zero-order valence-corrected chi connectivity index (χ0v) is 18.3. The highest BCUT2D eigenvalue weighted by atomic mass is 16.5.